The fourth-order valence-electron chi connectivity index (χ4n) is 2.97. The zero-order valence-electron chi connectivity index (χ0n) is 13.4. The van der Waals surface area contributed by atoms with E-state index >= 15 is 0 Å². The number of carbonyl (C=O) groups is 3. The van der Waals surface area contributed by atoms with Crippen molar-refractivity contribution in [1.29, 1.82) is 0 Å². The van der Waals surface area contributed by atoms with Crippen LogP contribution in [0.4, 0.5) is 4.79 Å². The summed E-state index contributed by atoms with van der Waals surface area (Å²) in [5.74, 6) is -0.103. The molecule has 24 heavy (non-hydrogen) atoms. The van der Waals surface area contributed by atoms with Crippen LogP contribution in [0.5, 0.6) is 5.75 Å². The summed E-state index contributed by atoms with van der Waals surface area (Å²) < 4.78 is 6.45. The van der Waals surface area contributed by atoms with Crippen LogP contribution in [0.2, 0.25) is 0 Å². The number of carbonyl (C=O) groups excluding carboxylic acids is 3. The lowest BCUT2D eigenvalue weighted by atomic mass is 10.2. The molecule has 0 radical (unpaired) electrons. The number of hydrogen-bond acceptors (Lipinski definition) is 6. The molecule has 3 amide bonds. The zero-order chi connectivity index (χ0) is 17.4. The largest absolute Gasteiger partial charge is 0.496 e. The van der Waals surface area contributed by atoms with E-state index in [1.165, 1.54) is 28.8 Å². The van der Waals surface area contributed by atoms with E-state index in [4.69, 9.17) is 4.74 Å². The highest BCUT2D eigenvalue weighted by molar-refractivity contribution is 8.14. The summed E-state index contributed by atoms with van der Waals surface area (Å²) in [5.41, 5.74) is 0.0154. The average molecular weight is 351 g/mol. The van der Waals surface area contributed by atoms with Crippen molar-refractivity contribution in [2.45, 2.75) is 12.5 Å². The summed E-state index contributed by atoms with van der Waals surface area (Å²) in [6.45, 7) is 0.736. The molecule has 2 aliphatic rings. The maximum absolute atomic E-state index is 12.8. The van der Waals surface area contributed by atoms with Crippen LogP contribution >= 0.6 is 11.8 Å². The molecule has 2 saturated heterocycles. The van der Waals surface area contributed by atoms with Crippen LogP contribution in [0.1, 0.15) is 16.8 Å². The number of thioether (sulfide) groups is 1. The van der Waals surface area contributed by atoms with E-state index in [2.05, 4.69) is 0 Å². The molecule has 1 atom stereocenters. The number of aromatic nitrogens is 1. The Kier molecular flexibility index (Phi) is 4.35. The minimum atomic E-state index is -0.289. The van der Waals surface area contributed by atoms with Gasteiger partial charge in [-0.3, -0.25) is 24.1 Å². The molecule has 1 aromatic rings. The zero-order valence-corrected chi connectivity index (χ0v) is 14.2. The first kappa shape index (κ1) is 16.6. The van der Waals surface area contributed by atoms with Crippen molar-refractivity contribution in [3.63, 3.8) is 0 Å². The SMILES string of the molecule is COc1cc(=O)n(C)cc1C(=O)N1CCC(N2C(=O)CSC2=O)C1. The van der Waals surface area contributed by atoms with E-state index in [1.807, 2.05) is 0 Å². The van der Waals surface area contributed by atoms with Gasteiger partial charge in [0.1, 0.15) is 5.75 Å². The number of ether oxygens (including phenoxy) is 1. The number of pyridine rings is 1. The minimum absolute atomic E-state index is 0.165. The second kappa shape index (κ2) is 6.31. The molecule has 2 fully saturated rings. The average Bonchev–Trinajstić information content (AvgIpc) is 3.15. The van der Waals surface area contributed by atoms with E-state index < -0.39 is 0 Å². The number of amides is 3. The summed E-state index contributed by atoms with van der Waals surface area (Å²) in [5, 5.41) is -0.251. The van der Waals surface area contributed by atoms with Gasteiger partial charge in [0, 0.05) is 32.4 Å². The van der Waals surface area contributed by atoms with Gasteiger partial charge in [0.2, 0.25) is 5.91 Å². The molecule has 3 heterocycles. The Morgan fingerprint density at radius 1 is 1.33 bits per heavy atom. The molecule has 0 N–H and O–H groups in total. The number of aryl methyl sites for hydroxylation is 1. The third-order valence-electron chi connectivity index (χ3n) is 4.24. The number of hydrogen-bond donors (Lipinski definition) is 0. The van der Waals surface area contributed by atoms with Gasteiger partial charge >= 0.3 is 0 Å². The number of likely N-dealkylation sites (tertiary alicyclic amines) is 1. The Hall–Kier alpha value is -2.29. The summed E-state index contributed by atoms with van der Waals surface area (Å²) >= 11 is 0.992. The quantitative estimate of drug-likeness (QED) is 0.778. The Labute approximate surface area is 142 Å². The molecule has 1 unspecified atom stereocenters. The van der Waals surface area contributed by atoms with Crippen LogP contribution in [0.15, 0.2) is 17.1 Å². The Morgan fingerprint density at radius 3 is 2.71 bits per heavy atom. The first-order valence-electron chi connectivity index (χ1n) is 7.45. The van der Waals surface area contributed by atoms with Crippen LogP contribution in [-0.2, 0) is 11.8 Å². The normalized spacial score (nSPS) is 20.8. The molecule has 8 nitrogen and oxygen atoms in total. The van der Waals surface area contributed by atoms with Crippen molar-refractivity contribution < 1.29 is 19.1 Å². The molecule has 9 heteroatoms. The van der Waals surface area contributed by atoms with Gasteiger partial charge in [0.05, 0.1) is 24.5 Å². The highest BCUT2D eigenvalue weighted by Crippen LogP contribution is 2.27. The van der Waals surface area contributed by atoms with Gasteiger partial charge in [-0.25, -0.2) is 0 Å². The van der Waals surface area contributed by atoms with E-state index in [0.717, 1.165) is 11.8 Å². The van der Waals surface area contributed by atoms with E-state index in [9.17, 15) is 19.2 Å². The number of imide groups is 1. The van der Waals surface area contributed by atoms with Gasteiger partial charge in [-0.2, -0.15) is 0 Å². The first-order chi connectivity index (χ1) is 11.4. The van der Waals surface area contributed by atoms with Crippen LogP contribution in [0.25, 0.3) is 0 Å². The molecule has 0 aromatic carbocycles. The van der Waals surface area contributed by atoms with Crippen LogP contribution in [0, 0.1) is 0 Å². The first-order valence-corrected chi connectivity index (χ1v) is 8.43. The number of nitrogens with zero attached hydrogens (tertiary/aromatic N) is 3. The van der Waals surface area contributed by atoms with Crippen molar-refractivity contribution >= 4 is 28.8 Å². The third kappa shape index (κ3) is 2.79. The predicted octanol–water partition coefficient (Wildman–Crippen LogP) is 0.304. The second-order valence-electron chi connectivity index (χ2n) is 5.72. The molecule has 2 aliphatic heterocycles. The fraction of sp³-hybridized carbons (Fsp3) is 0.467. The Morgan fingerprint density at radius 2 is 2.08 bits per heavy atom. The predicted molar refractivity (Wildman–Crippen MR) is 87.2 cm³/mol. The van der Waals surface area contributed by atoms with Gasteiger partial charge in [-0.1, -0.05) is 11.8 Å². The maximum Gasteiger partial charge on any atom is 0.289 e. The highest BCUT2D eigenvalue weighted by Gasteiger charge is 2.40. The van der Waals surface area contributed by atoms with Crippen molar-refractivity contribution in [3.8, 4) is 5.75 Å². The molecule has 1 aromatic heterocycles. The molecule has 0 saturated carbocycles. The standard InChI is InChI=1S/C15H17N3O5S/c1-16-7-10(11(23-2)5-12(16)19)14(21)17-4-3-9(6-17)18-13(20)8-24-15(18)22/h5,7,9H,3-4,6,8H2,1-2H3. The summed E-state index contributed by atoms with van der Waals surface area (Å²) in [4.78, 5) is 50.9. The third-order valence-corrected chi connectivity index (χ3v) is 5.08. The van der Waals surface area contributed by atoms with Crippen molar-refractivity contribution in [2.24, 2.45) is 7.05 Å². The number of rotatable bonds is 3. The lowest BCUT2D eigenvalue weighted by Crippen LogP contribution is -2.41. The van der Waals surface area contributed by atoms with E-state index in [1.54, 1.807) is 11.9 Å². The molecular formula is C15H17N3O5S. The van der Waals surface area contributed by atoms with Crippen molar-refractivity contribution in [1.82, 2.24) is 14.4 Å². The Balaban J connectivity index is 1.80. The van der Waals surface area contributed by atoms with Gasteiger partial charge in [-0.05, 0) is 6.42 Å². The summed E-state index contributed by atoms with van der Waals surface area (Å²) in [7, 11) is 2.96. The molecule has 0 spiro atoms. The van der Waals surface area contributed by atoms with Crippen molar-refractivity contribution in [3.05, 3.63) is 28.2 Å². The van der Waals surface area contributed by atoms with Gasteiger partial charge in [0.25, 0.3) is 16.7 Å². The van der Waals surface area contributed by atoms with E-state index in [-0.39, 0.29) is 45.7 Å². The topological polar surface area (TPSA) is 88.9 Å². The summed E-state index contributed by atoms with van der Waals surface area (Å²) in [6, 6.07) is 0.979. The smallest absolute Gasteiger partial charge is 0.289 e. The van der Waals surface area contributed by atoms with Crippen LogP contribution in [-0.4, -0.2) is 63.4 Å². The summed E-state index contributed by atoms with van der Waals surface area (Å²) in [6.07, 6.45) is 2.00. The lowest BCUT2D eigenvalue weighted by molar-refractivity contribution is -0.126. The molecule has 0 aliphatic carbocycles. The highest BCUT2D eigenvalue weighted by atomic mass is 32.2. The lowest BCUT2D eigenvalue weighted by Gasteiger charge is -2.22. The Bertz CT molecular complexity index is 759. The number of methoxy groups -OCH3 is 1. The minimum Gasteiger partial charge on any atom is -0.496 e. The molecule has 0 bridgehead atoms. The van der Waals surface area contributed by atoms with Gasteiger partial charge in [0.15, 0.2) is 0 Å². The molecule has 128 valence electrons. The second-order valence-corrected chi connectivity index (χ2v) is 6.64. The monoisotopic (exact) mass is 351 g/mol. The van der Waals surface area contributed by atoms with Gasteiger partial charge in [-0.15, -0.1) is 0 Å². The van der Waals surface area contributed by atoms with Crippen LogP contribution in [0.3, 0.4) is 0 Å². The fourth-order valence-corrected chi connectivity index (χ4v) is 3.74. The van der Waals surface area contributed by atoms with Gasteiger partial charge < -0.3 is 14.2 Å². The van der Waals surface area contributed by atoms with Crippen LogP contribution < -0.4 is 10.3 Å². The molecule has 3 rings (SSSR count). The molecular weight excluding hydrogens is 334 g/mol. The van der Waals surface area contributed by atoms with E-state index in [0.29, 0.717) is 19.5 Å². The maximum atomic E-state index is 12.8. The van der Waals surface area contributed by atoms with Crippen molar-refractivity contribution in [2.75, 3.05) is 26.0 Å².